The SMILES string of the molecule is COCOc1ccc2ccccc2c1N(c1c(OCOC)ccc2ccccc12)C(C)(C)C. The zero-order valence-corrected chi connectivity index (χ0v) is 19.9. The Bertz CT molecular complexity index is 1150. The van der Waals surface area contributed by atoms with Gasteiger partial charge in [0.2, 0.25) is 0 Å². The number of fused-ring (bicyclic) bond motifs is 2. The van der Waals surface area contributed by atoms with Crippen LogP contribution in [0.25, 0.3) is 21.5 Å². The van der Waals surface area contributed by atoms with Gasteiger partial charge in [-0.1, -0.05) is 60.7 Å². The van der Waals surface area contributed by atoms with Crippen molar-refractivity contribution in [3.05, 3.63) is 72.8 Å². The van der Waals surface area contributed by atoms with E-state index in [2.05, 4.69) is 74.2 Å². The van der Waals surface area contributed by atoms with Crippen LogP contribution >= 0.6 is 0 Å². The summed E-state index contributed by atoms with van der Waals surface area (Å²) in [4.78, 5) is 2.31. The summed E-state index contributed by atoms with van der Waals surface area (Å²) in [6, 6.07) is 24.9. The van der Waals surface area contributed by atoms with Crippen LogP contribution in [0.5, 0.6) is 11.5 Å². The topological polar surface area (TPSA) is 40.2 Å². The number of anilines is 2. The first-order valence-electron chi connectivity index (χ1n) is 11.0. The van der Waals surface area contributed by atoms with Crippen LogP contribution in [0.1, 0.15) is 20.8 Å². The number of hydrogen-bond acceptors (Lipinski definition) is 5. The Morgan fingerprint density at radius 1 is 0.606 bits per heavy atom. The molecule has 0 aliphatic rings. The first-order valence-corrected chi connectivity index (χ1v) is 11.0. The molecule has 0 heterocycles. The van der Waals surface area contributed by atoms with Crippen LogP contribution in [0, 0.1) is 0 Å². The molecule has 0 aliphatic heterocycles. The lowest BCUT2D eigenvalue weighted by Crippen LogP contribution is -2.38. The van der Waals surface area contributed by atoms with E-state index in [1.165, 1.54) is 0 Å². The molecule has 172 valence electrons. The van der Waals surface area contributed by atoms with Gasteiger partial charge in [0.05, 0.1) is 11.4 Å². The van der Waals surface area contributed by atoms with Gasteiger partial charge >= 0.3 is 0 Å². The number of rotatable bonds is 8. The van der Waals surface area contributed by atoms with Crippen molar-refractivity contribution in [1.29, 1.82) is 0 Å². The minimum atomic E-state index is -0.315. The first kappa shape index (κ1) is 22.9. The summed E-state index contributed by atoms with van der Waals surface area (Å²) in [7, 11) is 3.26. The van der Waals surface area contributed by atoms with Gasteiger partial charge in [-0.2, -0.15) is 0 Å². The van der Waals surface area contributed by atoms with Crippen LogP contribution in [0.3, 0.4) is 0 Å². The Morgan fingerprint density at radius 3 is 1.42 bits per heavy atom. The van der Waals surface area contributed by atoms with Gasteiger partial charge in [0.25, 0.3) is 0 Å². The number of nitrogens with zero attached hydrogens (tertiary/aromatic N) is 1. The molecule has 0 fully saturated rings. The molecule has 0 aromatic heterocycles. The molecule has 0 amide bonds. The van der Waals surface area contributed by atoms with Crippen molar-refractivity contribution in [2.24, 2.45) is 0 Å². The maximum atomic E-state index is 6.10. The first-order chi connectivity index (χ1) is 16.0. The number of ether oxygens (including phenoxy) is 4. The van der Waals surface area contributed by atoms with E-state index in [1.54, 1.807) is 14.2 Å². The van der Waals surface area contributed by atoms with Gasteiger partial charge in [0.15, 0.2) is 13.6 Å². The van der Waals surface area contributed by atoms with Crippen molar-refractivity contribution in [3.63, 3.8) is 0 Å². The Morgan fingerprint density at radius 2 is 1.03 bits per heavy atom. The Balaban J connectivity index is 2.08. The Hall–Kier alpha value is -3.28. The highest BCUT2D eigenvalue weighted by Crippen LogP contribution is 2.49. The smallest absolute Gasteiger partial charge is 0.188 e. The van der Waals surface area contributed by atoms with Gasteiger partial charge in [0.1, 0.15) is 11.5 Å². The summed E-state index contributed by atoms with van der Waals surface area (Å²) in [5, 5.41) is 4.44. The van der Waals surface area contributed by atoms with Crippen LogP contribution < -0.4 is 14.4 Å². The minimum Gasteiger partial charge on any atom is -0.465 e. The van der Waals surface area contributed by atoms with Gasteiger partial charge in [-0.3, -0.25) is 0 Å². The predicted octanol–water partition coefficient (Wildman–Crippen LogP) is 6.90. The van der Waals surface area contributed by atoms with E-state index in [0.29, 0.717) is 0 Å². The van der Waals surface area contributed by atoms with E-state index in [-0.39, 0.29) is 19.1 Å². The van der Waals surface area contributed by atoms with Crippen molar-refractivity contribution in [3.8, 4) is 11.5 Å². The third kappa shape index (κ3) is 4.61. The molecule has 4 aromatic rings. The van der Waals surface area contributed by atoms with E-state index in [0.717, 1.165) is 44.4 Å². The predicted molar refractivity (Wildman–Crippen MR) is 135 cm³/mol. The number of hydrogen-bond donors (Lipinski definition) is 0. The Labute approximate surface area is 195 Å². The summed E-state index contributed by atoms with van der Waals surface area (Å²) in [5.74, 6) is 1.49. The van der Waals surface area contributed by atoms with E-state index in [1.807, 2.05) is 24.3 Å². The van der Waals surface area contributed by atoms with Crippen LogP contribution in [-0.2, 0) is 9.47 Å². The molecule has 33 heavy (non-hydrogen) atoms. The standard InChI is InChI=1S/C28H31NO4/c1-28(2,3)29(26-22-12-8-6-10-20(22)14-16-24(26)32-18-30-4)27-23-13-9-7-11-21(23)15-17-25(27)33-19-31-5/h6-17H,18-19H2,1-5H3. The van der Waals surface area contributed by atoms with Gasteiger partial charge in [-0.15, -0.1) is 0 Å². The number of benzene rings is 4. The lowest BCUT2D eigenvalue weighted by Gasteiger charge is -2.40. The second kappa shape index (κ2) is 9.69. The molecule has 0 unspecified atom stereocenters. The molecular weight excluding hydrogens is 414 g/mol. The van der Waals surface area contributed by atoms with Gasteiger partial charge in [-0.05, 0) is 43.7 Å². The molecule has 0 N–H and O–H groups in total. The van der Waals surface area contributed by atoms with Crippen molar-refractivity contribution < 1.29 is 18.9 Å². The van der Waals surface area contributed by atoms with Crippen molar-refractivity contribution in [2.45, 2.75) is 26.3 Å². The average molecular weight is 446 g/mol. The summed E-state index contributed by atoms with van der Waals surface area (Å²) < 4.78 is 22.7. The minimum absolute atomic E-state index is 0.159. The molecule has 4 rings (SSSR count). The van der Waals surface area contributed by atoms with E-state index < -0.39 is 0 Å². The van der Waals surface area contributed by atoms with Crippen LogP contribution in [0.4, 0.5) is 11.4 Å². The number of methoxy groups -OCH3 is 2. The molecule has 0 saturated carbocycles. The van der Waals surface area contributed by atoms with Crippen molar-refractivity contribution in [1.82, 2.24) is 0 Å². The largest absolute Gasteiger partial charge is 0.465 e. The Kier molecular flexibility index (Phi) is 6.72. The van der Waals surface area contributed by atoms with E-state index in [4.69, 9.17) is 18.9 Å². The molecule has 5 heteroatoms. The molecule has 0 spiro atoms. The fourth-order valence-electron chi connectivity index (χ4n) is 4.19. The zero-order chi connectivity index (χ0) is 23.4. The highest BCUT2D eigenvalue weighted by Gasteiger charge is 2.31. The third-order valence-corrected chi connectivity index (χ3v) is 5.51. The second-order valence-electron chi connectivity index (χ2n) is 8.87. The molecule has 5 nitrogen and oxygen atoms in total. The summed E-state index contributed by atoms with van der Waals surface area (Å²) in [5.41, 5.74) is 1.62. The highest BCUT2D eigenvalue weighted by atomic mass is 16.7. The van der Waals surface area contributed by atoms with Crippen molar-refractivity contribution >= 4 is 32.9 Å². The highest BCUT2D eigenvalue weighted by molar-refractivity contribution is 6.06. The maximum absolute atomic E-state index is 6.10. The lowest BCUT2D eigenvalue weighted by atomic mass is 9.97. The van der Waals surface area contributed by atoms with Crippen LogP contribution in [-0.4, -0.2) is 33.3 Å². The van der Waals surface area contributed by atoms with Gasteiger partial charge in [0, 0.05) is 30.5 Å². The fraction of sp³-hybridized carbons (Fsp3) is 0.286. The van der Waals surface area contributed by atoms with Gasteiger partial charge < -0.3 is 23.8 Å². The maximum Gasteiger partial charge on any atom is 0.188 e. The average Bonchev–Trinajstić information content (AvgIpc) is 2.82. The summed E-state index contributed by atoms with van der Waals surface area (Å²) in [6.45, 7) is 6.89. The molecule has 0 saturated heterocycles. The van der Waals surface area contributed by atoms with E-state index in [9.17, 15) is 0 Å². The molecule has 0 aliphatic carbocycles. The lowest BCUT2D eigenvalue weighted by molar-refractivity contribution is 0.0509. The normalized spacial score (nSPS) is 11.7. The van der Waals surface area contributed by atoms with Crippen molar-refractivity contribution in [2.75, 3.05) is 32.7 Å². The van der Waals surface area contributed by atoms with Crippen LogP contribution in [0.2, 0.25) is 0 Å². The second-order valence-corrected chi connectivity index (χ2v) is 8.87. The fourth-order valence-corrected chi connectivity index (χ4v) is 4.19. The van der Waals surface area contributed by atoms with E-state index >= 15 is 0 Å². The molecule has 4 aromatic carbocycles. The van der Waals surface area contributed by atoms with Gasteiger partial charge in [-0.25, -0.2) is 0 Å². The summed E-state index contributed by atoms with van der Waals surface area (Å²) >= 11 is 0. The monoisotopic (exact) mass is 445 g/mol. The zero-order valence-electron chi connectivity index (χ0n) is 19.9. The summed E-state index contributed by atoms with van der Waals surface area (Å²) in [6.07, 6.45) is 0. The van der Waals surface area contributed by atoms with Crippen LogP contribution in [0.15, 0.2) is 72.8 Å². The molecular formula is C28H31NO4. The third-order valence-electron chi connectivity index (χ3n) is 5.51. The molecule has 0 bridgehead atoms. The molecule has 0 atom stereocenters. The molecule has 0 radical (unpaired) electrons. The quantitative estimate of drug-likeness (QED) is 0.276.